The number of rotatable bonds is 3. The molecule has 0 atom stereocenters. The topological polar surface area (TPSA) is 0 Å². The lowest BCUT2D eigenvalue weighted by Crippen LogP contribution is -1.71. The van der Waals surface area contributed by atoms with Gasteiger partial charge in [-0.3, -0.25) is 0 Å². The number of benzene rings is 2. The Morgan fingerprint density at radius 1 is 0.667 bits per heavy atom. The van der Waals surface area contributed by atoms with Crippen LogP contribution in [0.5, 0.6) is 0 Å². The Hall–Kier alpha value is -0.860. The van der Waals surface area contributed by atoms with Crippen LogP contribution in [0.25, 0.3) is 0 Å². The molecule has 0 heterocycles. The highest BCUT2D eigenvalue weighted by atomic mass is 33.1. The Kier molecular flexibility index (Phi) is 3.75. The molecule has 2 heteroatoms. The van der Waals surface area contributed by atoms with Crippen molar-refractivity contribution in [3.05, 3.63) is 60.2 Å². The van der Waals surface area contributed by atoms with E-state index < -0.39 is 0 Å². The van der Waals surface area contributed by atoms with Crippen molar-refractivity contribution in [3.8, 4) is 0 Å². The Balaban J connectivity index is 1.96. The zero-order valence-corrected chi connectivity index (χ0v) is 10.1. The highest BCUT2D eigenvalue weighted by Gasteiger charge is 1.95. The first kappa shape index (κ1) is 10.7. The van der Waals surface area contributed by atoms with Crippen LogP contribution in [0.3, 0.4) is 0 Å². The minimum Gasteiger partial charge on any atom is -0.0622 e. The molecule has 0 unspecified atom stereocenters. The smallest absolute Gasteiger partial charge is 0.0186 e. The van der Waals surface area contributed by atoms with Gasteiger partial charge in [0.05, 0.1) is 0 Å². The molecular formula is C13H12S2. The summed E-state index contributed by atoms with van der Waals surface area (Å²) in [5.74, 6) is 0. The van der Waals surface area contributed by atoms with Crippen LogP contribution in [0.1, 0.15) is 5.56 Å². The maximum Gasteiger partial charge on any atom is 0.0186 e. The molecular weight excluding hydrogens is 220 g/mol. The van der Waals surface area contributed by atoms with E-state index in [-0.39, 0.29) is 0 Å². The van der Waals surface area contributed by atoms with Crippen molar-refractivity contribution in [1.29, 1.82) is 0 Å². The fourth-order valence-electron chi connectivity index (χ4n) is 1.17. The third-order valence-corrected chi connectivity index (χ3v) is 4.42. The van der Waals surface area contributed by atoms with E-state index in [0.717, 1.165) is 0 Å². The minimum atomic E-state index is 1.29. The van der Waals surface area contributed by atoms with Gasteiger partial charge in [-0.15, -0.1) is 0 Å². The lowest BCUT2D eigenvalue weighted by atomic mass is 10.2. The van der Waals surface area contributed by atoms with Crippen LogP contribution < -0.4 is 0 Å². The van der Waals surface area contributed by atoms with Crippen molar-refractivity contribution in [3.63, 3.8) is 0 Å². The summed E-state index contributed by atoms with van der Waals surface area (Å²) >= 11 is 0. The van der Waals surface area contributed by atoms with Crippen LogP contribution in [0, 0.1) is 6.92 Å². The lowest BCUT2D eigenvalue weighted by molar-refractivity contribution is 1.38. The fourth-order valence-corrected chi connectivity index (χ4v) is 3.12. The maximum absolute atomic E-state index is 2.16. The Morgan fingerprint density at radius 3 is 1.80 bits per heavy atom. The summed E-state index contributed by atoms with van der Waals surface area (Å²) in [6.07, 6.45) is 0. The van der Waals surface area contributed by atoms with E-state index >= 15 is 0 Å². The number of hydrogen-bond donors (Lipinski definition) is 0. The molecule has 0 nitrogen and oxygen atoms in total. The fraction of sp³-hybridized carbons (Fsp3) is 0.0769. The number of hydrogen-bond acceptors (Lipinski definition) is 2. The van der Waals surface area contributed by atoms with Gasteiger partial charge in [0.15, 0.2) is 0 Å². The quantitative estimate of drug-likeness (QED) is 0.697. The molecule has 0 aliphatic heterocycles. The van der Waals surface area contributed by atoms with E-state index in [4.69, 9.17) is 0 Å². The highest BCUT2D eigenvalue weighted by Crippen LogP contribution is 2.36. The summed E-state index contributed by atoms with van der Waals surface area (Å²) in [5, 5.41) is 0. The predicted octanol–water partition coefficient (Wildman–Crippen LogP) is 4.79. The van der Waals surface area contributed by atoms with Gasteiger partial charge in [0.1, 0.15) is 0 Å². The van der Waals surface area contributed by atoms with E-state index in [1.54, 1.807) is 21.6 Å². The third-order valence-electron chi connectivity index (χ3n) is 2.00. The molecule has 2 aromatic rings. The third kappa shape index (κ3) is 3.33. The van der Waals surface area contributed by atoms with Gasteiger partial charge in [0.2, 0.25) is 0 Å². The Morgan fingerprint density at radius 2 is 1.20 bits per heavy atom. The first-order chi connectivity index (χ1) is 7.34. The van der Waals surface area contributed by atoms with Crippen LogP contribution in [-0.2, 0) is 0 Å². The second-order valence-corrected chi connectivity index (χ2v) is 5.57. The first-order valence-corrected chi connectivity index (χ1v) is 6.96. The summed E-state index contributed by atoms with van der Waals surface area (Å²) in [5.41, 5.74) is 1.31. The molecule has 0 N–H and O–H groups in total. The van der Waals surface area contributed by atoms with Crippen molar-refractivity contribution < 1.29 is 0 Å². The van der Waals surface area contributed by atoms with Gasteiger partial charge in [-0.2, -0.15) is 0 Å². The number of aryl methyl sites for hydroxylation is 1. The van der Waals surface area contributed by atoms with Gasteiger partial charge in [0.25, 0.3) is 0 Å². The Bertz CT molecular complexity index is 406. The van der Waals surface area contributed by atoms with Crippen molar-refractivity contribution in [2.24, 2.45) is 0 Å². The lowest BCUT2D eigenvalue weighted by Gasteiger charge is -2.01. The zero-order valence-electron chi connectivity index (χ0n) is 8.51. The summed E-state index contributed by atoms with van der Waals surface area (Å²) in [4.78, 5) is 2.59. The summed E-state index contributed by atoms with van der Waals surface area (Å²) in [6, 6.07) is 19.1. The summed E-state index contributed by atoms with van der Waals surface area (Å²) in [6.45, 7) is 2.11. The molecule has 0 aliphatic rings. The molecule has 2 rings (SSSR count). The van der Waals surface area contributed by atoms with Gasteiger partial charge in [0, 0.05) is 9.79 Å². The molecule has 0 spiro atoms. The van der Waals surface area contributed by atoms with Crippen LogP contribution in [0.15, 0.2) is 64.4 Å². The largest absolute Gasteiger partial charge is 0.0622 e. The standard InChI is InChI=1S/C13H12S2/c1-11-7-9-13(10-8-11)15-14-12-5-3-2-4-6-12/h2-10H,1H3. The van der Waals surface area contributed by atoms with Crippen molar-refractivity contribution in [1.82, 2.24) is 0 Å². The zero-order chi connectivity index (χ0) is 10.5. The second-order valence-electron chi connectivity index (χ2n) is 3.29. The first-order valence-electron chi connectivity index (χ1n) is 4.81. The molecule has 0 saturated heterocycles. The molecule has 0 fully saturated rings. The molecule has 76 valence electrons. The minimum absolute atomic E-state index is 1.29. The van der Waals surface area contributed by atoms with E-state index in [0.29, 0.717) is 0 Å². The monoisotopic (exact) mass is 232 g/mol. The average Bonchev–Trinajstić information content (AvgIpc) is 2.30. The van der Waals surface area contributed by atoms with Gasteiger partial charge >= 0.3 is 0 Å². The molecule has 0 bridgehead atoms. The van der Waals surface area contributed by atoms with Crippen molar-refractivity contribution in [2.75, 3.05) is 0 Å². The molecule has 0 radical (unpaired) electrons. The predicted molar refractivity (Wildman–Crippen MR) is 69.3 cm³/mol. The molecule has 0 aliphatic carbocycles. The van der Waals surface area contributed by atoms with Gasteiger partial charge in [-0.1, -0.05) is 57.5 Å². The molecule has 2 aromatic carbocycles. The normalized spacial score (nSPS) is 10.2. The van der Waals surface area contributed by atoms with Crippen LogP contribution in [0.2, 0.25) is 0 Å². The summed E-state index contributed by atoms with van der Waals surface area (Å²) in [7, 11) is 3.59. The maximum atomic E-state index is 2.16. The van der Waals surface area contributed by atoms with Crippen LogP contribution >= 0.6 is 21.6 Å². The summed E-state index contributed by atoms with van der Waals surface area (Å²) < 4.78 is 0. The average molecular weight is 232 g/mol. The second kappa shape index (κ2) is 5.29. The van der Waals surface area contributed by atoms with Gasteiger partial charge in [-0.25, -0.2) is 0 Å². The van der Waals surface area contributed by atoms with Gasteiger partial charge in [-0.05, 0) is 31.2 Å². The van der Waals surface area contributed by atoms with Gasteiger partial charge < -0.3 is 0 Å². The van der Waals surface area contributed by atoms with E-state index in [1.165, 1.54) is 15.4 Å². The van der Waals surface area contributed by atoms with Crippen molar-refractivity contribution in [2.45, 2.75) is 16.7 Å². The Labute approximate surface area is 98.5 Å². The van der Waals surface area contributed by atoms with E-state index in [9.17, 15) is 0 Å². The van der Waals surface area contributed by atoms with Crippen molar-refractivity contribution >= 4 is 21.6 Å². The molecule has 0 aromatic heterocycles. The molecule has 15 heavy (non-hydrogen) atoms. The van der Waals surface area contributed by atoms with E-state index in [2.05, 4.69) is 55.5 Å². The van der Waals surface area contributed by atoms with Crippen LogP contribution in [0.4, 0.5) is 0 Å². The SMILES string of the molecule is Cc1ccc(SSc2ccccc2)cc1. The van der Waals surface area contributed by atoms with E-state index in [1.807, 2.05) is 6.07 Å². The highest BCUT2D eigenvalue weighted by molar-refractivity contribution is 8.76. The molecule has 0 saturated carbocycles. The molecule has 0 amide bonds. The van der Waals surface area contributed by atoms with Crippen LogP contribution in [-0.4, -0.2) is 0 Å².